The first-order chi connectivity index (χ1) is 5.96. The highest BCUT2D eigenvalue weighted by Crippen LogP contribution is 2.23. The van der Waals surface area contributed by atoms with Crippen molar-refractivity contribution in [3.63, 3.8) is 0 Å². The smallest absolute Gasteiger partial charge is 0.179 e. The van der Waals surface area contributed by atoms with Gasteiger partial charge in [-0.15, -0.1) is 0 Å². The van der Waals surface area contributed by atoms with Crippen molar-refractivity contribution in [2.24, 2.45) is 5.92 Å². The van der Waals surface area contributed by atoms with Crippen LogP contribution >= 0.6 is 0 Å². The van der Waals surface area contributed by atoms with Crippen LogP contribution in [0, 0.1) is 17.4 Å². The highest BCUT2D eigenvalue weighted by molar-refractivity contribution is 4.93. The first-order valence-electron chi connectivity index (χ1n) is 4.76. The molecule has 0 radical (unpaired) electrons. The van der Waals surface area contributed by atoms with Crippen molar-refractivity contribution >= 4 is 0 Å². The first-order valence-corrected chi connectivity index (χ1v) is 4.76. The van der Waals surface area contributed by atoms with Crippen LogP contribution in [0.2, 0.25) is 0 Å². The predicted molar refractivity (Wildman–Crippen MR) is 51.0 cm³/mol. The largest absolute Gasteiger partial charge is 0.372 e. The summed E-state index contributed by atoms with van der Waals surface area (Å²) in [5.74, 6) is 0.468. The van der Waals surface area contributed by atoms with Crippen LogP contribution in [0.4, 0.5) is 0 Å². The van der Waals surface area contributed by atoms with Crippen molar-refractivity contribution in [3.05, 3.63) is 0 Å². The zero-order valence-electron chi connectivity index (χ0n) is 8.87. The molecule has 3 heteroatoms. The third-order valence-corrected chi connectivity index (χ3v) is 2.49. The van der Waals surface area contributed by atoms with Crippen molar-refractivity contribution in [1.82, 2.24) is 4.90 Å². The molecule has 0 amide bonds. The third-order valence-electron chi connectivity index (χ3n) is 2.49. The summed E-state index contributed by atoms with van der Waals surface area (Å²) >= 11 is 0. The molecule has 0 aromatic heterocycles. The second-order valence-corrected chi connectivity index (χ2v) is 4.61. The molecular formula is C10H18N2O. The predicted octanol–water partition coefficient (Wildman–Crippen LogP) is 1.60. The SMILES string of the molecule is CC(C)C1COC(C)(C)CN1C#N. The average Bonchev–Trinajstić information content (AvgIpc) is 2.01. The van der Waals surface area contributed by atoms with Gasteiger partial charge in [0.15, 0.2) is 6.19 Å². The molecule has 13 heavy (non-hydrogen) atoms. The van der Waals surface area contributed by atoms with E-state index in [1.54, 1.807) is 0 Å². The zero-order chi connectivity index (χ0) is 10.1. The molecule has 74 valence electrons. The fourth-order valence-corrected chi connectivity index (χ4v) is 1.64. The van der Waals surface area contributed by atoms with Gasteiger partial charge < -0.3 is 9.64 Å². The second kappa shape index (κ2) is 3.55. The summed E-state index contributed by atoms with van der Waals surface area (Å²) in [6.45, 7) is 9.65. The number of ether oxygens (including phenoxy) is 1. The molecule has 0 aromatic rings. The van der Waals surface area contributed by atoms with Gasteiger partial charge in [0.05, 0.1) is 24.8 Å². The normalized spacial score (nSPS) is 27.4. The van der Waals surface area contributed by atoms with Gasteiger partial charge in [-0.05, 0) is 19.8 Å². The number of hydrogen-bond acceptors (Lipinski definition) is 3. The Bertz CT molecular complexity index is 217. The van der Waals surface area contributed by atoms with Gasteiger partial charge >= 0.3 is 0 Å². The Morgan fingerprint density at radius 1 is 1.54 bits per heavy atom. The van der Waals surface area contributed by atoms with Crippen LogP contribution in [0.5, 0.6) is 0 Å². The molecule has 0 saturated carbocycles. The van der Waals surface area contributed by atoms with Gasteiger partial charge in [-0.25, -0.2) is 0 Å². The molecule has 1 saturated heterocycles. The van der Waals surface area contributed by atoms with E-state index >= 15 is 0 Å². The third kappa shape index (κ3) is 2.35. The number of rotatable bonds is 1. The number of hydrogen-bond donors (Lipinski definition) is 0. The number of nitriles is 1. The lowest BCUT2D eigenvalue weighted by Crippen LogP contribution is -2.53. The summed E-state index contributed by atoms with van der Waals surface area (Å²) < 4.78 is 5.68. The standard InChI is InChI=1S/C10H18N2O/c1-8(2)9-5-13-10(3,4)6-12(9)7-11/h8-9H,5-6H2,1-4H3. The fraction of sp³-hybridized carbons (Fsp3) is 0.900. The minimum Gasteiger partial charge on any atom is -0.372 e. The lowest BCUT2D eigenvalue weighted by molar-refractivity contribution is -0.106. The Morgan fingerprint density at radius 2 is 2.15 bits per heavy atom. The molecule has 1 rings (SSSR count). The molecule has 1 unspecified atom stereocenters. The molecule has 0 N–H and O–H groups in total. The van der Waals surface area contributed by atoms with E-state index in [0.29, 0.717) is 19.1 Å². The van der Waals surface area contributed by atoms with Crippen LogP contribution < -0.4 is 0 Å². The maximum Gasteiger partial charge on any atom is 0.179 e. The molecule has 3 nitrogen and oxygen atoms in total. The quantitative estimate of drug-likeness (QED) is 0.578. The molecule has 1 aliphatic heterocycles. The van der Waals surface area contributed by atoms with Crippen LogP contribution in [0.25, 0.3) is 0 Å². The van der Waals surface area contributed by atoms with Gasteiger partial charge in [-0.3, -0.25) is 0 Å². The van der Waals surface area contributed by atoms with E-state index in [9.17, 15) is 0 Å². The van der Waals surface area contributed by atoms with Crippen LogP contribution in [0.15, 0.2) is 0 Å². The molecule has 0 spiro atoms. The van der Waals surface area contributed by atoms with E-state index in [4.69, 9.17) is 10.00 Å². The minimum absolute atomic E-state index is 0.179. The molecule has 0 aliphatic carbocycles. The second-order valence-electron chi connectivity index (χ2n) is 4.61. The van der Waals surface area contributed by atoms with E-state index in [1.165, 1.54) is 0 Å². The summed E-state index contributed by atoms with van der Waals surface area (Å²) in [6, 6.07) is 0.248. The fourth-order valence-electron chi connectivity index (χ4n) is 1.64. The minimum atomic E-state index is -0.179. The van der Waals surface area contributed by atoms with Crippen molar-refractivity contribution in [2.45, 2.75) is 39.3 Å². The van der Waals surface area contributed by atoms with E-state index in [1.807, 2.05) is 18.7 Å². The Labute approximate surface area is 80.3 Å². The topological polar surface area (TPSA) is 36.3 Å². The molecule has 1 fully saturated rings. The van der Waals surface area contributed by atoms with Crippen molar-refractivity contribution in [3.8, 4) is 6.19 Å². The van der Waals surface area contributed by atoms with Gasteiger partial charge in [-0.2, -0.15) is 5.26 Å². The summed E-state index contributed by atoms with van der Waals surface area (Å²) in [7, 11) is 0. The molecule has 1 aliphatic rings. The molecule has 1 atom stereocenters. The van der Waals surface area contributed by atoms with Gasteiger partial charge in [0.1, 0.15) is 0 Å². The van der Waals surface area contributed by atoms with Crippen LogP contribution in [0.1, 0.15) is 27.7 Å². The molecular weight excluding hydrogens is 164 g/mol. The van der Waals surface area contributed by atoms with Crippen LogP contribution in [-0.2, 0) is 4.74 Å². The molecule has 1 heterocycles. The highest BCUT2D eigenvalue weighted by atomic mass is 16.5. The summed E-state index contributed by atoms with van der Waals surface area (Å²) in [5.41, 5.74) is -0.179. The summed E-state index contributed by atoms with van der Waals surface area (Å²) in [5, 5.41) is 8.96. The number of nitrogens with zero attached hydrogens (tertiary/aromatic N) is 2. The van der Waals surface area contributed by atoms with Gasteiger partial charge in [0.2, 0.25) is 0 Å². The Balaban J connectivity index is 2.68. The van der Waals surface area contributed by atoms with Crippen molar-refractivity contribution in [2.75, 3.05) is 13.2 Å². The van der Waals surface area contributed by atoms with E-state index < -0.39 is 0 Å². The number of morpholine rings is 1. The summed E-state index contributed by atoms with van der Waals surface area (Å²) in [6.07, 6.45) is 2.24. The first kappa shape index (κ1) is 10.3. The van der Waals surface area contributed by atoms with Gasteiger partial charge in [-0.1, -0.05) is 13.8 Å². The summed E-state index contributed by atoms with van der Waals surface area (Å²) in [4.78, 5) is 1.84. The lowest BCUT2D eigenvalue weighted by atomic mass is 9.98. The maximum atomic E-state index is 8.96. The van der Waals surface area contributed by atoms with Crippen LogP contribution in [-0.4, -0.2) is 29.7 Å². The average molecular weight is 182 g/mol. The van der Waals surface area contributed by atoms with Gasteiger partial charge in [0.25, 0.3) is 0 Å². The van der Waals surface area contributed by atoms with Crippen LogP contribution in [0.3, 0.4) is 0 Å². The lowest BCUT2D eigenvalue weighted by Gasteiger charge is -2.42. The Morgan fingerprint density at radius 3 is 2.62 bits per heavy atom. The highest BCUT2D eigenvalue weighted by Gasteiger charge is 2.34. The van der Waals surface area contributed by atoms with E-state index in [0.717, 1.165) is 0 Å². The zero-order valence-corrected chi connectivity index (χ0v) is 8.87. The van der Waals surface area contributed by atoms with Crippen molar-refractivity contribution in [1.29, 1.82) is 5.26 Å². The Hall–Kier alpha value is -0.750. The monoisotopic (exact) mass is 182 g/mol. The Kier molecular flexibility index (Phi) is 2.82. The molecule has 0 bridgehead atoms. The van der Waals surface area contributed by atoms with Crippen molar-refractivity contribution < 1.29 is 4.74 Å². The maximum absolute atomic E-state index is 8.96. The van der Waals surface area contributed by atoms with E-state index in [2.05, 4.69) is 20.0 Å². The van der Waals surface area contributed by atoms with E-state index in [-0.39, 0.29) is 11.6 Å². The molecule has 0 aromatic carbocycles. The van der Waals surface area contributed by atoms with Gasteiger partial charge in [0, 0.05) is 0 Å².